The third-order valence-electron chi connectivity index (χ3n) is 3.61. The molecule has 0 heterocycles. The van der Waals surface area contributed by atoms with Crippen LogP contribution in [0.4, 0.5) is 10.1 Å². The van der Waals surface area contributed by atoms with E-state index in [1.54, 1.807) is 32.0 Å². The molecule has 1 amide bonds. The highest BCUT2D eigenvalue weighted by atomic mass is 35.5. The standard InChI is InChI=1S/C17H18ClFN2O2/c1-17(2,11-4-9-14(18)15(10-11)23-3)16(22)21-20-13-7-5-12(19)6-8-13/h4-10,20H,1-3H3,(H,21,22). The van der Waals surface area contributed by atoms with Crippen LogP contribution in [0.5, 0.6) is 5.75 Å². The van der Waals surface area contributed by atoms with E-state index in [0.29, 0.717) is 16.5 Å². The van der Waals surface area contributed by atoms with Crippen molar-refractivity contribution in [2.24, 2.45) is 0 Å². The summed E-state index contributed by atoms with van der Waals surface area (Å²) in [5.74, 6) is -0.0711. The summed E-state index contributed by atoms with van der Waals surface area (Å²) >= 11 is 6.01. The van der Waals surface area contributed by atoms with Gasteiger partial charge in [-0.05, 0) is 55.8 Å². The molecule has 0 radical (unpaired) electrons. The number of methoxy groups -OCH3 is 1. The van der Waals surface area contributed by atoms with Crippen LogP contribution in [0.25, 0.3) is 0 Å². The molecule has 2 rings (SSSR count). The smallest absolute Gasteiger partial charge is 0.248 e. The van der Waals surface area contributed by atoms with Crippen LogP contribution in [0, 0.1) is 5.82 Å². The van der Waals surface area contributed by atoms with Crippen LogP contribution in [0.3, 0.4) is 0 Å². The second-order valence-corrected chi connectivity index (χ2v) is 5.97. The van der Waals surface area contributed by atoms with E-state index in [1.807, 2.05) is 0 Å². The maximum Gasteiger partial charge on any atom is 0.248 e. The Morgan fingerprint density at radius 2 is 1.83 bits per heavy atom. The summed E-state index contributed by atoms with van der Waals surface area (Å²) in [6.45, 7) is 3.58. The molecular formula is C17H18ClFN2O2. The van der Waals surface area contributed by atoms with Gasteiger partial charge in [-0.1, -0.05) is 17.7 Å². The number of rotatable bonds is 5. The summed E-state index contributed by atoms with van der Waals surface area (Å²) in [7, 11) is 1.52. The molecule has 0 atom stereocenters. The van der Waals surface area contributed by atoms with Gasteiger partial charge in [0.05, 0.1) is 23.2 Å². The highest BCUT2D eigenvalue weighted by molar-refractivity contribution is 6.32. The number of amides is 1. The van der Waals surface area contributed by atoms with Crippen molar-refractivity contribution in [3.63, 3.8) is 0 Å². The molecule has 0 fully saturated rings. The molecule has 0 bridgehead atoms. The van der Waals surface area contributed by atoms with Crippen molar-refractivity contribution in [3.8, 4) is 5.75 Å². The van der Waals surface area contributed by atoms with E-state index in [0.717, 1.165) is 5.56 Å². The van der Waals surface area contributed by atoms with E-state index in [-0.39, 0.29) is 11.7 Å². The minimum absolute atomic E-state index is 0.244. The molecule has 23 heavy (non-hydrogen) atoms. The van der Waals surface area contributed by atoms with E-state index < -0.39 is 5.41 Å². The van der Waals surface area contributed by atoms with E-state index >= 15 is 0 Å². The third kappa shape index (κ3) is 3.93. The number of benzene rings is 2. The molecule has 0 aromatic heterocycles. The van der Waals surface area contributed by atoms with Crippen LogP contribution in [-0.2, 0) is 10.2 Å². The number of hydrazine groups is 1. The summed E-state index contributed by atoms with van der Waals surface area (Å²) in [6.07, 6.45) is 0. The predicted octanol–water partition coefficient (Wildman–Crippen LogP) is 3.91. The topological polar surface area (TPSA) is 50.4 Å². The van der Waals surface area contributed by atoms with Gasteiger partial charge in [-0.15, -0.1) is 0 Å². The van der Waals surface area contributed by atoms with Gasteiger partial charge in [0, 0.05) is 0 Å². The lowest BCUT2D eigenvalue weighted by molar-refractivity contribution is -0.125. The Hall–Kier alpha value is -2.27. The molecule has 0 aliphatic heterocycles. The highest BCUT2D eigenvalue weighted by Gasteiger charge is 2.30. The summed E-state index contributed by atoms with van der Waals surface area (Å²) in [5.41, 5.74) is 5.92. The molecule has 0 saturated carbocycles. The molecule has 0 aliphatic carbocycles. The van der Waals surface area contributed by atoms with E-state index in [2.05, 4.69) is 10.9 Å². The second-order valence-electron chi connectivity index (χ2n) is 5.56. The van der Waals surface area contributed by atoms with Crippen molar-refractivity contribution < 1.29 is 13.9 Å². The lowest BCUT2D eigenvalue weighted by atomic mass is 9.84. The fraction of sp³-hybridized carbons (Fsp3) is 0.235. The van der Waals surface area contributed by atoms with E-state index in [1.165, 1.54) is 31.4 Å². The Morgan fingerprint density at radius 3 is 2.43 bits per heavy atom. The number of anilines is 1. The average Bonchev–Trinajstić information content (AvgIpc) is 2.54. The lowest BCUT2D eigenvalue weighted by Gasteiger charge is -2.25. The largest absolute Gasteiger partial charge is 0.495 e. The fourth-order valence-electron chi connectivity index (χ4n) is 2.00. The Labute approximate surface area is 139 Å². The van der Waals surface area contributed by atoms with Crippen molar-refractivity contribution in [1.82, 2.24) is 5.43 Å². The number of nitrogens with one attached hydrogen (secondary N) is 2. The molecule has 0 aliphatic rings. The number of hydrogen-bond donors (Lipinski definition) is 2. The molecule has 4 nitrogen and oxygen atoms in total. The summed E-state index contributed by atoms with van der Waals surface area (Å²) in [6, 6.07) is 10.9. The quantitative estimate of drug-likeness (QED) is 0.814. The molecule has 6 heteroatoms. The van der Waals surface area contributed by atoms with E-state index in [9.17, 15) is 9.18 Å². The third-order valence-corrected chi connectivity index (χ3v) is 3.92. The van der Waals surface area contributed by atoms with Crippen LogP contribution in [0.1, 0.15) is 19.4 Å². The first-order chi connectivity index (χ1) is 10.8. The van der Waals surface area contributed by atoms with Gasteiger partial charge in [0.25, 0.3) is 0 Å². The number of halogens is 2. The number of hydrogen-bond acceptors (Lipinski definition) is 3. The first kappa shape index (κ1) is 17.1. The lowest BCUT2D eigenvalue weighted by Crippen LogP contribution is -2.42. The molecule has 2 aromatic rings. The zero-order valence-corrected chi connectivity index (χ0v) is 13.9. The van der Waals surface area contributed by atoms with Gasteiger partial charge >= 0.3 is 0 Å². The van der Waals surface area contributed by atoms with Gasteiger partial charge < -0.3 is 4.74 Å². The Kier molecular flexibility index (Phi) is 5.11. The first-order valence-corrected chi connectivity index (χ1v) is 7.38. The molecule has 2 N–H and O–H groups in total. The Morgan fingerprint density at radius 1 is 1.17 bits per heavy atom. The normalized spacial score (nSPS) is 11.0. The van der Waals surface area contributed by atoms with Crippen LogP contribution in [-0.4, -0.2) is 13.0 Å². The van der Waals surface area contributed by atoms with Gasteiger partial charge in [-0.2, -0.15) is 0 Å². The van der Waals surface area contributed by atoms with Crippen LogP contribution < -0.4 is 15.6 Å². The second kappa shape index (κ2) is 6.87. The number of carbonyl (C=O) groups is 1. The maximum absolute atomic E-state index is 12.9. The summed E-state index contributed by atoms with van der Waals surface area (Å²) in [5, 5.41) is 0.483. The SMILES string of the molecule is COc1cc(C(C)(C)C(=O)NNc2ccc(F)cc2)ccc1Cl. The minimum atomic E-state index is -0.815. The van der Waals surface area contributed by atoms with Crippen molar-refractivity contribution in [2.75, 3.05) is 12.5 Å². The summed E-state index contributed by atoms with van der Waals surface area (Å²) < 4.78 is 18.0. The average molecular weight is 337 g/mol. The molecule has 122 valence electrons. The van der Waals surface area contributed by atoms with Crippen molar-refractivity contribution in [3.05, 3.63) is 58.9 Å². The van der Waals surface area contributed by atoms with Gasteiger partial charge in [0.15, 0.2) is 0 Å². The fourth-order valence-corrected chi connectivity index (χ4v) is 2.19. The van der Waals surface area contributed by atoms with Crippen molar-refractivity contribution in [2.45, 2.75) is 19.3 Å². The highest BCUT2D eigenvalue weighted by Crippen LogP contribution is 2.31. The minimum Gasteiger partial charge on any atom is -0.495 e. The van der Waals surface area contributed by atoms with Gasteiger partial charge in [-0.25, -0.2) is 4.39 Å². The van der Waals surface area contributed by atoms with Gasteiger partial charge in [0.2, 0.25) is 5.91 Å². The molecule has 0 unspecified atom stereocenters. The first-order valence-electron chi connectivity index (χ1n) is 7.00. The zero-order valence-electron chi connectivity index (χ0n) is 13.1. The molecule has 0 spiro atoms. The zero-order chi connectivity index (χ0) is 17.0. The van der Waals surface area contributed by atoms with Crippen LogP contribution >= 0.6 is 11.6 Å². The predicted molar refractivity (Wildman–Crippen MR) is 89.2 cm³/mol. The van der Waals surface area contributed by atoms with Crippen molar-refractivity contribution in [1.29, 1.82) is 0 Å². The summed E-state index contributed by atoms with van der Waals surface area (Å²) in [4.78, 5) is 12.5. The van der Waals surface area contributed by atoms with Crippen LogP contribution in [0.2, 0.25) is 5.02 Å². The van der Waals surface area contributed by atoms with Gasteiger partial charge in [-0.3, -0.25) is 15.6 Å². The molecule has 0 saturated heterocycles. The maximum atomic E-state index is 12.9. The monoisotopic (exact) mass is 336 g/mol. The van der Waals surface area contributed by atoms with E-state index in [4.69, 9.17) is 16.3 Å². The number of carbonyl (C=O) groups excluding carboxylic acids is 1. The van der Waals surface area contributed by atoms with Gasteiger partial charge in [0.1, 0.15) is 11.6 Å². The Balaban J connectivity index is 2.11. The number of ether oxygens (including phenoxy) is 1. The molecular weight excluding hydrogens is 319 g/mol. The molecule has 2 aromatic carbocycles. The Bertz CT molecular complexity index is 702. The van der Waals surface area contributed by atoms with Crippen molar-refractivity contribution >= 4 is 23.2 Å². The van der Waals surface area contributed by atoms with Crippen LogP contribution in [0.15, 0.2) is 42.5 Å².